The van der Waals surface area contributed by atoms with Crippen LogP contribution in [0.15, 0.2) is 139 Å². The molecule has 28 heteroatoms. The molecule has 2 atom stereocenters. The molecule has 0 aromatic carbocycles. The van der Waals surface area contributed by atoms with E-state index in [-0.39, 0.29) is 73.3 Å². The minimum atomic E-state index is -1.38. The fraction of sp³-hybridized carbons (Fsp3) is 0.254. The molecule has 91 heavy (non-hydrogen) atoms. The van der Waals surface area contributed by atoms with Gasteiger partial charge >= 0.3 is 35.8 Å². The average molecular weight is 1370 g/mol. The van der Waals surface area contributed by atoms with Crippen molar-refractivity contribution in [3.63, 3.8) is 0 Å². The molecule has 0 aliphatic carbocycles. The standard InChI is InChI=1S/C18H20N2O4S2.C18H18O6S2.C14H8N2O2S2.C8H10O2S.C5H8O3/c2*1-3-23-17(21)13(11-7-5-9-25-11)15(19)16(20)14(18(22)24-4-2)12-8-6-10-26-12;17-13-9(7-3-1-5-19-7)11-12(16-13)10(14(18)15-11)8-4-2-6-20-8;1-2-10-8(9)6-7-4-3-5-11-7;1-3-8-5(7)4(2)6/h5-10H,3-4,19-20H2,1-2H3;5-10,13-14H,3-4H2,1-2H3;1-6,15,18H;3-5H,2,6H2,1H3;3H2,1-2H3/b15-13+,16-14+;;;;. The summed E-state index contributed by atoms with van der Waals surface area (Å²) in [5, 5.41) is 24.1. The Balaban J connectivity index is 0.000000218. The molecule has 1 amide bonds. The number of ether oxygens (including phenoxy) is 6. The Morgan fingerprint density at radius 2 is 0.912 bits per heavy atom. The van der Waals surface area contributed by atoms with Crippen molar-refractivity contribution in [3.05, 3.63) is 174 Å². The maximum Gasteiger partial charge on any atom is 0.374 e. The molecule has 6 N–H and O–H groups in total. The zero-order chi connectivity index (χ0) is 66.6. The van der Waals surface area contributed by atoms with Gasteiger partial charge in [-0.1, -0.05) is 42.5 Å². The second-order valence-corrected chi connectivity index (χ2v) is 24.5. The molecule has 1 aliphatic heterocycles. The lowest BCUT2D eigenvalue weighted by Gasteiger charge is -2.16. The van der Waals surface area contributed by atoms with Gasteiger partial charge in [-0.05, 0) is 122 Å². The van der Waals surface area contributed by atoms with E-state index in [1.54, 1.807) is 105 Å². The highest BCUT2D eigenvalue weighted by Crippen LogP contribution is 2.33. The number of aromatic amines is 1. The molecular weight excluding hydrogens is 1310 g/mol. The van der Waals surface area contributed by atoms with Gasteiger partial charge in [-0.2, -0.15) is 0 Å². The smallest absolute Gasteiger partial charge is 0.374 e. The molecular formula is C63H64N4O17S7. The number of rotatable bonds is 23. The molecule has 0 saturated heterocycles. The number of hydrogen-bond acceptors (Lipinski definition) is 26. The van der Waals surface area contributed by atoms with Crippen LogP contribution in [0.5, 0.6) is 5.88 Å². The number of thiophene rings is 7. The summed E-state index contributed by atoms with van der Waals surface area (Å²) in [5.74, 6) is -9.14. The zero-order valence-corrected chi connectivity index (χ0v) is 55.9. The number of amides is 1. The lowest BCUT2D eigenvalue weighted by Crippen LogP contribution is -2.35. The predicted octanol–water partition coefficient (Wildman–Crippen LogP) is 9.78. The summed E-state index contributed by atoms with van der Waals surface area (Å²) in [5.41, 5.74) is 13.8. The number of carbonyl (C=O) groups is 10. The van der Waals surface area contributed by atoms with E-state index in [1.165, 1.54) is 74.9 Å². The highest BCUT2D eigenvalue weighted by molar-refractivity contribution is 7.14. The Labute approximate surface area is 550 Å². The van der Waals surface area contributed by atoms with E-state index in [2.05, 4.69) is 14.7 Å². The number of H-pyrrole nitrogens is 1. The van der Waals surface area contributed by atoms with Crippen LogP contribution in [0.1, 0.15) is 89.6 Å². The Bertz CT molecular complexity index is 3760. The highest BCUT2D eigenvalue weighted by Gasteiger charge is 2.42. The van der Waals surface area contributed by atoms with Crippen molar-refractivity contribution in [2.75, 3.05) is 39.6 Å². The first-order chi connectivity index (χ1) is 43.8. The molecule has 0 spiro atoms. The summed E-state index contributed by atoms with van der Waals surface area (Å²) in [6.45, 7) is 12.5. The lowest BCUT2D eigenvalue weighted by atomic mass is 9.90. The first-order valence-corrected chi connectivity index (χ1v) is 33.9. The van der Waals surface area contributed by atoms with Gasteiger partial charge in [0.2, 0.25) is 17.3 Å². The first kappa shape index (κ1) is 73.0. The lowest BCUT2D eigenvalue weighted by molar-refractivity contribution is -0.155. The average Bonchev–Trinajstić information content (AvgIpc) is 1.61. The second kappa shape index (κ2) is 37.4. The number of nitrogens with two attached hydrogens (primary N) is 2. The normalized spacial score (nSPS) is 12.2. The molecule has 0 saturated carbocycles. The van der Waals surface area contributed by atoms with Crippen molar-refractivity contribution in [2.24, 2.45) is 16.5 Å². The van der Waals surface area contributed by atoms with Gasteiger partial charge in [0.25, 0.3) is 5.91 Å². The molecule has 0 radical (unpaired) electrons. The van der Waals surface area contributed by atoms with Gasteiger partial charge in [0.05, 0.1) is 73.9 Å². The summed E-state index contributed by atoms with van der Waals surface area (Å²) < 4.78 is 29.2. The van der Waals surface area contributed by atoms with Gasteiger partial charge in [0.15, 0.2) is 17.7 Å². The first-order valence-electron chi connectivity index (χ1n) is 27.7. The number of hydrogen-bond donors (Lipinski definition) is 4. The Morgan fingerprint density at radius 3 is 1.29 bits per heavy atom. The minimum absolute atomic E-state index is 0.0117. The van der Waals surface area contributed by atoms with Crippen LogP contribution in [0, 0.1) is 0 Å². The van der Waals surface area contributed by atoms with E-state index >= 15 is 0 Å². The van der Waals surface area contributed by atoms with Crippen LogP contribution in [0.25, 0.3) is 27.2 Å². The molecule has 21 nitrogen and oxygen atoms in total. The Morgan fingerprint density at radius 1 is 0.505 bits per heavy atom. The van der Waals surface area contributed by atoms with Crippen LogP contribution in [0.3, 0.4) is 0 Å². The summed E-state index contributed by atoms with van der Waals surface area (Å²) >= 11 is 9.56. The second-order valence-electron chi connectivity index (χ2n) is 17.8. The van der Waals surface area contributed by atoms with Crippen LogP contribution in [-0.2, 0) is 82.8 Å². The fourth-order valence-corrected chi connectivity index (χ4v) is 13.3. The van der Waals surface area contributed by atoms with E-state index in [0.29, 0.717) is 54.4 Å². The zero-order valence-electron chi connectivity index (χ0n) is 50.2. The Hall–Kier alpha value is -8.77. The van der Waals surface area contributed by atoms with Crippen LogP contribution in [-0.4, -0.2) is 109 Å². The SMILES string of the molecule is CCOC(=O)/C(=C(N)\C(N)=C(/C(=O)OCC)c1cccs1)c1cccs1.CCOC(=O)C(C(=O)C(=O)C(C(=O)OCC)c1cccs1)c1cccs1.CCOC(=O)C(C)=O.CCOC(=O)Cc1cccs1.O=C1N=c2c(-c3cccs3)c(O)[nH]c2=C1c1cccs1. The van der Waals surface area contributed by atoms with E-state index in [4.69, 9.17) is 35.2 Å². The van der Waals surface area contributed by atoms with Crippen molar-refractivity contribution < 1.29 is 81.5 Å². The minimum Gasteiger partial charge on any atom is -0.494 e. The number of fused-ring (bicyclic) bond motifs is 1. The quantitative estimate of drug-likeness (QED) is 0.0116. The van der Waals surface area contributed by atoms with Gasteiger partial charge in [-0.25, -0.2) is 19.4 Å². The van der Waals surface area contributed by atoms with Crippen LogP contribution < -0.4 is 22.2 Å². The van der Waals surface area contributed by atoms with E-state index in [9.17, 15) is 53.1 Å². The van der Waals surface area contributed by atoms with Gasteiger partial charge < -0.3 is 50.0 Å². The molecule has 0 fully saturated rings. The molecule has 480 valence electrons. The number of aromatic hydroxyl groups is 1. The summed E-state index contributed by atoms with van der Waals surface area (Å²) in [6.07, 6.45) is 0.408. The molecule has 2 unspecified atom stereocenters. The number of Topliss-reactive ketones (excluding diaryl/α,β-unsaturated/α-hetero) is 3. The number of nitrogens with one attached hydrogen (secondary N) is 1. The van der Waals surface area contributed by atoms with E-state index in [0.717, 1.165) is 14.6 Å². The molecule has 8 aromatic rings. The third-order valence-corrected chi connectivity index (χ3v) is 18.0. The summed E-state index contributed by atoms with van der Waals surface area (Å²) in [7, 11) is 0. The molecule has 9 heterocycles. The van der Waals surface area contributed by atoms with Crippen LogP contribution in [0.4, 0.5) is 0 Å². The van der Waals surface area contributed by atoms with E-state index in [1.807, 2.05) is 70.2 Å². The largest absolute Gasteiger partial charge is 0.494 e. The summed E-state index contributed by atoms with van der Waals surface area (Å²) in [6, 6.07) is 25.0. The van der Waals surface area contributed by atoms with Crippen molar-refractivity contribution in [2.45, 2.75) is 66.7 Å². The van der Waals surface area contributed by atoms with Crippen molar-refractivity contribution in [3.8, 4) is 16.3 Å². The predicted molar refractivity (Wildman–Crippen MR) is 352 cm³/mol. The number of carbonyl (C=O) groups excluding carboxylic acids is 10. The van der Waals surface area contributed by atoms with Crippen molar-refractivity contribution in [1.29, 1.82) is 0 Å². The van der Waals surface area contributed by atoms with Gasteiger partial charge in [-0.3, -0.25) is 33.6 Å². The van der Waals surface area contributed by atoms with Gasteiger partial charge in [-0.15, -0.1) is 79.4 Å². The van der Waals surface area contributed by atoms with Crippen LogP contribution in [0.2, 0.25) is 0 Å². The number of aromatic nitrogens is 1. The third-order valence-electron chi connectivity index (χ3n) is 11.7. The molecule has 0 bridgehead atoms. The fourth-order valence-electron chi connectivity index (χ4n) is 7.89. The number of ketones is 3. The molecule has 8 aromatic heterocycles. The monoisotopic (exact) mass is 1370 g/mol. The van der Waals surface area contributed by atoms with E-state index < -0.39 is 59.0 Å². The van der Waals surface area contributed by atoms with Crippen molar-refractivity contribution >= 4 is 155 Å². The third kappa shape index (κ3) is 20.4. The van der Waals surface area contributed by atoms with Crippen molar-refractivity contribution in [1.82, 2.24) is 4.98 Å². The maximum absolute atomic E-state index is 12.9. The van der Waals surface area contributed by atoms with Gasteiger partial charge in [0, 0.05) is 41.1 Å². The molecule has 1 aliphatic rings. The molecule has 9 rings (SSSR count). The topological polar surface area (TPSA) is 326 Å². The summed E-state index contributed by atoms with van der Waals surface area (Å²) in [4.78, 5) is 130. The highest BCUT2D eigenvalue weighted by atomic mass is 32.1. The maximum atomic E-state index is 12.9. The Kier molecular flexibility index (Phi) is 30.0. The number of nitrogens with zero attached hydrogens (tertiary/aromatic N) is 1. The number of esters is 6. The van der Waals surface area contributed by atoms with Gasteiger partial charge in [0.1, 0.15) is 16.5 Å². The van der Waals surface area contributed by atoms with Crippen LogP contribution >= 0.6 is 79.4 Å².